The zero-order chi connectivity index (χ0) is 14.0. The summed E-state index contributed by atoms with van der Waals surface area (Å²) in [5.74, 6) is -0.726. The van der Waals surface area contributed by atoms with Gasteiger partial charge in [-0.25, -0.2) is 4.39 Å². The van der Waals surface area contributed by atoms with E-state index in [4.69, 9.17) is 11.6 Å². The number of benzene rings is 1. The maximum atomic E-state index is 12.8. The van der Waals surface area contributed by atoms with Crippen LogP contribution in [-0.4, -0.2) is 15.7 Å². The highest BCUT2D eigenvalue weighted by Gasteiger charge is 2.19. The highest BCUT2D eigenvalue weighted by Crippen LogP contribution is 2.22. The molecular formula is C13H13ClFN3O. The molecule has 0 aliphatic carbocycles. The van der Waals surface area contributed by atoms with Gasteiger partial charge in [0, 0.05) is 12.7 Å². The normalized spacial score (nSPS) is 10.5. The number of hydrogen-bond donors (Lipinski definition) is 1. The molecule has 0 unspecified atom stereocenters. The van der Waals surface area contributed by atoms with Crippen LogP contribution in [0, 0.1) is 5.82 Å². The fraction of sp³-hybridized carbons (Fsp3) is 0.231. The predicted octanol–water partition coefficient (Wildman–Crippen LogP) is 3.03. The molecule has 0 fully saturated rings. The van der Waals surface area contributed by atoms with Gasteiger partial charge in [-0.2, -0.15) is 5.10 Å². The molecule has 6 heteroatoms. The standard InChI is InChI=1S/C13H13ClFN3O/c1-3-10-11(14)12(18(2)17-10)13(19)16-9-6-4-8(15)5-7-9/h4-7H,3H2,1-2H3,(H,16,19). The number of nitrogens with zero attached hydrogens (tertiary/aromatic N) is 2. The molecule has 0 aliphatic rings. The van der Waals surface area contributed by atoms with Crippen LogP contribution in [0.5, 0.6) is 0 Å². The molecule has 100 valence electrons. The number of nitrogens with one attached hydrogen (secondary N) is 1. The number of amides is 1. The molecule has 1 heterocycles. The van der Waals surface area contributed by atoms with Crippen molar-refractivity contribution in [1.29, 1.82) is 0 Å². The second-order valence-corrected chi connectivity index (χ2v) is 4.43. The predicted molar refractivity (Wildman–Crippen MR) is 71.9 cm³/mol. The minimum absolute atomic E-state index is 0.294. The van der Waals surface area contributed by atoms with Crippen molar-refractivity contribution in [2.24, 2.45) is 7.05 Å². The summed E-state index contributed by atoms with van der Waals surface area (Å²) in [6.07, 6.45) is 0.649. The van der Waals surface area contributed by atoms with Crippen LogP contribution in [0.3, 0.4) is 0 Å². The highest BCUT2D eigenvalue weighted by molar-refractivity contribution is 6.34. The Morgan fingerprint density at radius 1 is 1.42 bits per heavy atom. The second kappa shape index (κ2) is 5.40. The van der Waals surface area contributed by atoms with E-state index in [0.29, 0.717) is 28.5 Å². The highest BCUT2D eigenvalue weighted by atomic mass is 35.5. The van der Waals surface area contributed by atoms with E-state index < -0.39 is 0 Å². The lowest BCUT2D eigenvalue weighted by Crippen LogP contribution is -2.16. The summed E-state index contributed by atoms with van der Waals surface area (Å²) in [6.45, 7) is 1.91. The Bertz CT molecular complexity index is 607. The molecule has 0 saturated heterocycles. The number of carbonyl (C=O) groups is 1. The van der Waals surface area contributed by atoms with Gasteiger partial charge in [0.05, 0.1) is 10.7 Å². The van der Waals surface area contributed by atoms with E-state index >= 15 is 0 Å². The molecule has 0 aliphatic heterocycles. The maximum Gasteiger partial charge on any atom is 0.275 e. The van der Waals surface area contributed by atoms with Crippen molar-refractivity contribution in [3.63, 3.8) is 0 Å². The van der Waals surface area contributed by atoms with Gasteiger partial charge in [-0.05, 0) is 30.7 Å². The third kappa shape index (κ3) is 2.76. The van der Waals surface area contributed by atoms with E-state index in [2.05, 4.69) is 10.4 Å². The summed E-state index contributed by atoms with van der Waals surface area (Å²) in [6, 6.07) is 5.52. The van der Waals surface area contributed by atoms with E-state index in [0.717, 1.165) is 0 Å². The Hall–Kier alpha value is -1.88. The van der Waals surface area contributed by atoms with Crippen LogP contribution < -0.4 is 5.32 Å². The molecule has 1 aromatic heterocycles. The van der Waals surface area contributed by atoms with Gasteiger partial charge in [0.1, 0.15) is 11.5 Å². The average molecular weight is 282 g/mol. The van der Waals surface area contributed by atoms with Gasteiger partial charge in [0.15, 0.2) is 0 Å². The van der Waals surface area contributed by atoms with Gasteiger partial charge in [0.25, 0.3) is 5.91 Å². The van der Waals surface area contributed by atoms with E-state index in [1.165, 1.54) is 28.9 Å². The minimum atomic E-state index is -0.369. The van der Waals surface area contributed by atoms with Gasteiger partial charge in [-0.1, -0.05) is 18.5 Å². The Balaban J connectivity index is 2.25. The maximum absolute atomic E-state index is 12.8. The van der Waals surface area contributed by atoms with Crippen molar-refractivity contribution in [1.82, 2.24) is 9.78 Å². The molecule has 1 N–H and O–H groups in total. The fourth-order valence-electron chi connectivity index (χ4n) is 1.75. The molecule has 1 aromatic carbocycles. The molecule has 2 aromatic rings. The number of aryl methyl sites for hydroxylation is 2. The van der Waals surface area contributed by atoms with Crippen LogP contribution in [0.1, 0.15) is 23.1 Å². The summed E-state index contributed by atoms with van der Waals surface area (Å²) in [5.41, 5.74) is 1.47. The second-order valence-electron chi connectivity index (χ2n) is 4.05. The topological polar surface area (TPSA) is 46.9 Å². The van der Waals surface area contributed by atoms with Crippen molar-refractivity contribution < 1.29 is 9.18 Å². The SMILES string of the molecule is CCc1nn(C)c(C(=O)Nc2ccc(F)cc2)c1Cl. The van der Waals surface area contributed by atoms with Crippen LogP contribution in [0.4, 0.5) is 10.1 Å². The third-order valence-electron chi connectivity index (χ3n) is 2.71. The van der Waals surface area contributed by atoms with Crippen LogP contribution in [0.15, 0.2) is 24.3 Å². The molecule has 0 saturated carbocycles. The van der Waals surface area contributed by atoms with E-state index in [9.17, 15) is 9.18 Å². The number of rotatable bonds is 3. The first-order valence-corrected chi connectivity index (χ1v) is 6.19. The van der Waals surface area contributed by atoms with Gasteiger partial charge in [-0.3, -0.25) is 9.48 Å². The Morgan fingerprint density at radius 2 is 2.05 bits per heavy atom. The molecule has 2 rings (SSSR count). The van der Waals surface area contributed by atoms with Gasteiger partial charge < -0.3 is 5.32 Å². The quantitative estimate of drug-likeness (QED) is 0.940. The monoisotopic (exact) mass is 281 g/mol. The van der Waals surface area contributed by atoms with Crippen LogP contribution >= 0.6 is 11.6 Å². The summed E-state index contributed by atoms with van der Waals surface area (Å²) >= 11 is 6.11. The average Bonchev–Trinajstić information content (AvgIpc) is 2.67. The number of halogens is 2. The molecule has 0 atom stereocenters. The summed E-state index contributed by atoms with van der Waals surface area (Å²) in [5, 5.41) is 7.17. The van der Waals surface area contributed by atoms with Crippen molar-refractivity contribution in [2.75, 3.05) is 5.32 Å². The smallest absolute Gasteiger partial charge is 0.275 e. The fourth-order valence-corrected chi connectivity index (χ4v) is 2.13. The molecule has 0 bridgehead atoms. The molecule has 19 heavy (non-hydrogen) atoms. The van der Waals surface area contributed by atoms with Gasteiger partial charge in [0.2, 0.25) is 0 Å². The first-order valence-electron chi connectivity index (χ1n) is 5.81. The van der Waals surface area contributed by atoms with Crippen molar-refractivity contribution in [3.05, 3.63) is 46.5 Å². The molecule has 1 amide bonds. The third-order valence-corrected chi connectivity index (χ3v) is 3.10. The first-order chi connectivity index (χ1) is 9.02. The van der Waals surface area contributed by atoms with Gasteiger partial charge in [-0.15, -0.1) is 0 Å². The van der Waals surface area contributed by atoms with E-state index in [-0.39, 0.29) is 11.7 Å². The zero-order valence-electron chi connectivity index (χ0n) is 10.6. The minimum Gasteiger partial charge on any atom is -0.321 e. The van der Waals surface area contributed by atoms with Crippen molar-refractivity contribution in [2.45, 2.75) is 13.3 Å². The molecular weight excluding hydrogens is 269 g/mol. The zero-order valence-corrected chi connectivity index (χ0v) is 11.3. The van der Waals surface area contributed by atoms with Crippen LogP contribution in [0.25, 0.3) is 0 Å². The summed E-state index contributed by atoms with van der Waals surface area (Å²) < 4.78 is 14.2. The van der Waals surface area contributed by atoms with Crippen molar-refractivity contribution in [3.8, 4) is 0 Å². The van der Waals surface area contributed by atoms with E-state index in [1.807, 2.05) is 6.92 Å². The largest absolute Gasteiger partial charge is 0.321 e. The molecule has 4 nitrogen and oxygen atoms in total. The van der Waals surface area contributed by atoms with Crippen LogP contribution in [-0.2, 0) is 13.5 Å². The lowest BCUT2D eigenvalue weighted by molar-refractivity contribution is 0.101. The Morgan fingerprint density at radius 3 is 2.58 bits per heavy atom. The Kier molecular flexibility index (Phi) is 3.85. The molecule has 0 radical (unpaired) electrons. The lowest BCUT2D eigenvalue weighted by atomic mass is 10.2. The number of hydrogen-bond acceptors (Lipinski definition) is 2. The number of anilines is 1. The molecule has 0 spiro atoms. The summed E-state index contributed by atoms with van der Waals surface area (Å²) in [7, 11) is 1.66. The van der Waals surface area contributed by atoms with E-state index in [1.54, 1.807) is 7.05 Å². The number of carbonyl (C=O) groups excluding carboxylic acids is 1. The van der Waals surface area contributed by atoms with Gasteiger partial charge >= 0.3 is 0 Å². The van der Waals surface area contributed by atoms with Crippen LogP contribution in [0.2, 0.25) is 5.02 Å². The Labute approximate surface area is 115 Å². The van der Waals surface area contributed by atoms with Crippen molar-refractivity contribution >= 4 is 23.2 Å². The lowest BCUT2D eigenvalue weighted by Gasteiger charge is -2.05. The number of aromatic nitrogens is 2. The first kappa shape index (κ1) is 13.5. The summed E-state index contributed by atoms with van der Waals surface area (Å²) in [4.78, 5) is 12.1.